The maximum absolute atomic E-state index is 6.14. The summed E-state index contributed by atoms with van der Waals surface area (Å²) in [6, 6.07) is 9.60. The topological polar surface area (TPSA) is 48.9 Å². The lowest BCUT2D eigenvalue weighted by molar-refractivity contribution is -0.0265. The van der Waals surface area contributed by atoms with Crippen LogP contribution in [0.5, 0.6) is 0 Å². The molecule has 2 fully saturated rings. The predicted molar refractivity (Wildman–Crippen MR) is 112 cm³/mol. The Bertz CT molecular complexity index is 597. The Kier molecular flexibility index (Phi) is 7.53. The molecule has 3 rings (SSSR count). The van der Waals surface area contributed by atoms with E-state index in [9.17, 15) is 0 Å². The SMILES string of the molecule is CCN(CCNC(=NC)NCC1CCCOC1c1ccc(C)cc1)C1CC1. The van der Waals surface area contributed by atoms with Gasteiger partial charge in [-0.05, 0) is 44.7 Å². The standard InChI is InChI=1S/C22H36N4O/c1-4-26(20-11-12-20)14-13-24-22(23-3)25-16-19-6-5-15-27-21(19)18-9-7-17(2)8-10-18/h7-10,19-21H,4-6,11-16H2,1-3H3,(H2,23,24,25). The highest BCUT2D eigenvalue weighted by atomic mass is 16.5. The number of hydrogen-bond acceptors (Lipinski definition) is 3. The van der Waals surface area contributed by atoms with E-state index in [4.69, 9.17) is 4.74 Å². The molecule has 150 valence electrons. The molecular weight excluding hydrogens is 336 g/mol. The minimum Gasteiger partial charge on any atom is -0.373 e. The Hall–Kier alpha value is -1.59. The second kappa shape index (κ2) is 10.1. The van der Waals surface area contributed by atoms with Gasteiger partial charge >= 0.3 is 0 Å². The number of hydrogen-bond donors (Lipinski definition) is 2. The molecule has 0 bridgehead atoms. The average Bonchev–Trinajstić information content (AvgIpc) is 3.54. The molecule has 5 heteroatoms. The van der Waals surface area contributed by atoms with Crippen LogP contribution in [0.15, 0.2) is 29.3 Å². The summed E-state index contributed by atoms with van der Waals surface area (Å²) in [7, 11) is 1.85. The normalized spacial score (nSPS) is 23.5. The van der Waals surface area contributed by atoms with Crippen LogP contribution in [0.2, 0.25) is 0 Å². The molecule has 1 aliphatic carbocycles. The van der Waals surface area contributed by atoms with Crippen molar-refractivity contribution >= 4 is 5.96 Å². The second-order valence-corrected chi connectivity index (χ2v) is 7.84. The molecule has 2 N–H and O–H groups in total. The van der Waals surface area contributed by atoms with Crippen molar-refractivity contribution < 1.29 is 4.74 Å². The number of aryl methyl sites for hydroxylation is 1. The molecule has 2 unspecified atom stereocenters. The molecule has 1 aromatic rings. The van der Waals surface area contributed by atoms with E-state index >= 15 is 0 Å². The number of nitrogens with zero attached hydrogens (tertiary/aromatic N) is 2. The smallest absolute Gasteiger partial charge is 0.191 e. The molecule has 5 nitrogen and oxygen atoms in total. The molecule has 27 heavy (non-hydrogen) atoms. The van der Waals surface area contributed by atoms with Crippen LogP contribution in [-0.4, -0.2) is 56.7 Å². The number of nitrogens with one attached hydrogen (secondary N) is 2. The Labute approximate surface area is 164 Å². The Morgan fingerprint density at radius 1 is 1.19 bits per heavy atom. The fourth-order valence-corrected chi connectivity index (χ4v) is 3.98. The van der Waals surface area contributed by atoms with Gasteiger partial charge in [0.1, 0.15) is 0 Å². The van der Waals surface area contributed by atoms with E-state index in [1.807, 2.05) is 7.05 Å². The fraction of sp³-hybridized carbons (Fsp3) is 0.682. The molecule has 2 aliphatic rings. The first-order valence-corrected chi connectivity index (χ1v) is 10.6. The summed E-state index contributed by atoms with van der Waals surface area (Å²) in [4.78, 5) is 6.96. The van der Waals surface area contributed by atoms with Crippen molar-refractivity contribution in [3.05, 3.63) is 35.4 Å². The number of guanidine groups is 1. The van der Waals surface area contributed by atoms with Gasteiger partial charge in [-0.25, -0.2) is 0 Å². The quantitative estimate of drug-likeness (QED) is 0.544. The minimum absolute atomic E-state index is 0.176. The van der Waals surface area contributed by atoms with Crippen molar-refractivity contribution in [2.24, 2.45) is 10.9 Å². The molecule has 1 heterocycles. The summed E-state index contributed by atoms with van der Waals surface area (Å²) in [5.41, 5.74) is 2.58. The lowest BCUT2D eigenvalue weighted by Gasteiger charge is -2.32. The van der Waals surface area contributed by atoms with Crippen LogP contribution < -0.4 is 10.6 Å². The summed E-state index contributed by atoms with van der Waals surface area (Å²) in [6.07, 6.45) is 5.23. The van der Waals surface area contributed by atoms with Crippen molar-refractivity contribution in [2.75, 3.05) is 39.8 Å². The van der Waals surface area contributed by atoms with Gasteiger partial charge in [-0.15, -0.1) is 0 Å². The fourth-order valence-electron chi connectivity index (χ4n) is 3.98. The van der Waals surface area contributed by atoms with Crippen LogP contribution >= 0.6 is 0 Å². The van der Waals surface area contributed by atoms with Crippen LogP contribution in [-0.2, 0) is 4.74 Å². The number of likely N-dealkylation sites (N-methyl/N-ethyl adjacent to an activating group) is 1. The van der Waals surface area contributed by atoms with Crippen LogP contribution in [0, 0.1) is 12.8 Å². The third-order valence-electron chi connectivity index (χ3n) is 5.77. The maximum Gasteiger partial charge on any atom is 0.191 e. The molecule has 0 radical (unpaired) electrons. The Morgan fingerprint density at radius 3 is 2.63 bits per heavy atom. The molecule has 1 saturated heterocycles. The van der Waals surface area contributed by atoms with E-state index in [0.29, 0.717) is 5.92 Å². The molecule has 0 spiro atoms. The zero-order valence-corrected chi connectivity index (χ0v) is 17.2. The van der Waals surface area contributed by atoms with Crippen molar-refractivity contribution in [2.45, 2.75) is 51.7 Å². The van der Waals surface area contributed by atoms with Gasteiger partial charge < -0.3 is 15.4 Å². The second-order valence-electron chi connectivity index (χ2n) is 7.84. The highest BCUT2D eigenvalue weighted by Crippen LogP contribution is 2.33. The van der Waals surface area contributed by atoms with Crippen LogP contribution in [0.1, 0.15) is 49.8 Å². The van der Waals surface area contributed by atoms with Crippen molar-refractivity contribution in [1.82, 2.24) is 15.5 Å². The van der Waals surface area contributed by atoms with Gasteiger partial charge in [0.2, 0.25) is 0 Å². The van der Waals surface area contributed by atoms with Gasteiger partial charge in [0, 0.05) is 45.2 Å². The zero-order valence-electron chi connectivity index (χ0n) is 17.2. The van der Waals surface area contributed by atoms with E-state index in [1.165, 1.54) is 30.4 Å². The first kappa shape index (κ1) is 20.2. The van der Waals surface area contributed by atoms with E-state index in [0.717, 1.165) is 51.2 Å². The van der Waals surface area contributed by atoms with Crippen LogP contribution in [0.25, 0.3) is 0 Å². The number of rotatable bonds is 8. The van der Waals surface area contributed by atoms with Gasteiger partial charge in [-0.2, -0.15) is 0 Å². The molecular formula is C22H36N4O. The van der Waals surface area contributed by atoms with Gasteiger partial charge in [0.25, 0.3) is 0 Å². The number of benzene rings is 1. The van der Waals surface area contributed by atoms with Crippen LogP contribution in [0.3, 0.4) is 0 Å². The molecule has 0 aromatic heterocycles. The lowest BCUT2D eigenvalue weighted by atomic mass is 9.89. The van der Waals surface area contributed by atoms with Gasteiger partial charge in [0.15, 0.2) is 5.96 Å². The monoisotopic (exact) mass is 372 g/mol. The Balaban J connectivity index is 1.47. The molecule has 1 saturated carbocycles. The highest BCUT2D eigenvalue weighted by molar-refractivity contribution is 5.79. The number of ether oxygens (including phenoxy) is 1. The summed E-state index contributed by atoms with van der Waals surface area (Å²) in [5.74, 6) is 1.37. The lowest BCUT2D eigenvalue weighted by Crippen LogP contribution is -2.44. The van der Waals surface area contributed by atoms with Crippen molar-refractivity contribution in [3.63, 3.8) is 0 Å². The first-order valence-electron chi connectivity index (χ1n) is 10.6. The van der Waals surface area contributed by atoms with E-state index in [-0.39, 0.29) is 6.10 Å². The first-order chi connectivity index (χ1) is 13.2. The largest absolute Gasteiger partial charge is 0.373 e. The maximum atomic E-state index is 6.14. The molecule has 0 amide bonds. The van der Waals surface area contributed by atoms with Crippen LogP contribution in [0.4, 0.5) is 0 Å². The molecule has 1 aliphatic heterocycles. The minimum atomic E-state index is 0.176. The average molecular weight is 373 g/mol. The van der Waals surface area contributed by atoms with Gasteiger partial charge in [0.05, 0.1) is 6.10 Å². The van der Waals surface area contributed by atoms with Gasteiger partial charge in [-0.1, -0.05) is 36.8 Å². The number of aliphatic imine (C=N–C) groups is 1. The Morgan fingerprint density at radius 2 is 1.96 bits per heavy atom. The molecule has 2 atom stereocenters. The predicted octanol–water partition coefficient (Wildman–Crippen LogP) is 3.11. The summed E-state index contributed by atoms with van der Waals surface area (Å²) < 4.78 is 6.14. The summed E-state index contributed by atoms with van der Waals surface area (Å²) in [5, 5.41) is 7.00. The summed E-state index contributed by atoms with van der Waals surface area (Å²) in [6.45, 7) is 9.28. The van der Waals surface area contributed by atoms with Crippen molar-refractivity contribution in [1.29, 1.82) is 0 Å². The third-order valence-corrected chi connectivity index (χ3v) is 5.77. The van der Waals surface area contributed by atoms with E-state index in [2.05, 4.69) is 58.6 Å². The highest BCUT2D eigenvalue weighted by Gasteiger charge is 2.28. The third kappa shape index (κ3) is 5.94. The molecule has 1 aromatic carbocycles. The van der Waals surface area contributed by atoms with Crippen molar-refractivity contribution in [3.8, 4) is 0 Å². The zero-order chi connectivity index (χ0) is 19.1. The van der Waals surface area contributed by atoms with E-state index < -0.39 is 0 Å². The van der Waals surface area contributed by atoms with E-state index in [1.54, 1.807) is 0 Å². The summed E-state index contributed by atoms with van der Waals surface area (Å²) >= 11 is 0. The van der Waals surface area contributed by atoms with Gasteiger partial charge in [-0.3, -0.25) is 9.89 Å².